The maximum Gasteiger partial charge on any atom is 0.262 e. The molecule has 2 aliphatic rings. The number of halogens is 2. The van der Waals surface area contributed by atoms with Crippen LogP contribution in [0, 0.1) is 5.92 Å². The Hall–Kier alpha value is -1.24. The molecule has 1 saturated carbocycles. The molecule has 0 aromatic heterocycles. The Balaban J connectivity index is 1.84. The first-order valence-corrected chi connectivity index (χ1v) is 6.58. The molecule has 3 atom stereocenters. The molecule has 0 bridgehead atoms. The molecule has 19 heavy (non-hydrogen) atoms. The molecule has 3 unspecified atom stereocenters. The fourth-order valence-corrected chi connectivity index (χ4v) is 2.78. The number of primary amides is 1. The zero-order valence-corrected chi connectivity index (χ0v) is 10.6. The molecule has 4 N–H and O–H groups in total. The van der Waals surface area contributed by atoms with Gasteiger partial charge in [-0.05, 0) is 19.3 Å². The third kappa shape index (κ3) is 3.62. The van der Waals surface area contributed by atoms with Gasteiger partial charge in [0.2, 0.25) is 11.8 Å². The summed E-state index contributed by atoms with van der Waals surface area (Å²) < 4.78 is 26.0. The van der Waals surface area contributed by atoms with Gasteiger partial charge in [0.15, 0.2) is 0 Å². The molecule has 0 aromatic carbocycles. The number of alkyl halides is 2. The number of rotatable bonds is 3. The van der Waals surface area contributed by atoms with Crippen molar-refractivity contribution >= 4 is 11.8 Å². The number of nitrogens with one attached hydrogen (secondary N) is 2. The predicted molar refractivity (Wildman–Crippen MR) is 64.4 cm³/mol. The smallest absolute Gasteiger partial charge is 0.262 e. The van der Waals surface area contributed by atoms with Crippen LogP contribution in [0.15, 0.2) is 0 Å². The summed E-state index contributed by atoms with van der Waals surface area (Å²) in [6, 6.07) is -0.987. The lowest BCUT2D eigenvalue weighted by molar-refractivity contribution is -0.126. The minimum absolute atomic E-state index is 0.144. The fourth-order valence-electron chi connectivity index (χ4n) is 2.78. The molecular weight excluding hydrogens is 256 g/mol. The lowest BCUT2D eigenvalue weighted by Gasteiger charge is -2.28. The van der Waals surface area contributed by atoms with Gasteiger partial charge in [-0.15, -0.1) is 0 Å². The van der Waals surface area contributed by atoms with Crippen LogP contribution >= 0.6 is 0 Å². The predicted octanol–water partition coefficient (Wildman–Crippen LogP) is 0.144. The average molecular weight is 275 g/mol. The highest BCUT2D eigenvalue weighted by molar-refractivity contribution is 5.82. The van der Waals surface area contributed by atoms with Crippen LogP contribution in [0.1, 0.15) is 32.1 Å². The van der Waals surface area contributed by atoms with Crippen LogP contribution in [0.4, 0.5) is 8.78 Å². The molecule has 5 nitrogen and oxygen atoms in total. The largest absolute Gasteiger partial charge is 0.369 e. The van der Waals surface area contributed by atoms with Gasteiger partial charge in [0.1, 0.15) is 0 Å². The summed E-state index contributed by atoms with van der Waals surface area (Å²) >= 11 is 0. The second-order valence-electron chi connectivity index (χ2n) is 5.46. The van der Waals surface area contributed by atoms with Crippen LogP contribution in [0.25, 0.3) is 0 Å². The first-order chi connectivity index (χ1) is 8.87. The van der Waals surface area contributed by atoms with Crippen molar-refractivity contribution in [3.63, 3.8) is 0 Å². The normalized spacial score (nSPS) is 33.9. The van der Waals surface area contributed by atoms with Gasteiger partial charge < -0.3 is 11.1 Å². The summed E-state index contributed by atoms with van der Waals surface area (Å²) in [4.78, 5) is 23.0. The van der Waals surface area contributed by atoms with E-state index in [-0.39, 0.29) is 17.9 Å². The third-order valence-electron chi connectivity index (χ3n) is 3.85. The standard InChI is InChI=1S/C12H19F2N3O2/c13-12(14)5-9(16-6-12)11(19)17-8-3-1-2-7(4-8)10(15)18/h7-9,16H,1-6H2,(H2,15,18)(H,17,19). The Kier molecular flexibility index (Phi) is 4.03. The van der Waals surface area contributed by atoms with E-state index in [2.05, 4.69) is 10.6 Å². The van der Waals surface area contributed by atoms with Crippen molar-refractivity contribution in [2.45, 2.75) is 50.1 Å². The Labute approximate surface area is 110 Å². The van der Waals surface area contributed by atoms with Crippen molar-refractivity contribution in [3.05, 3.63) is 0 Å². The molecule has 2 amide bonds. The summed E-state index contributed by atoms with van der Waals surface area (Å²) in [5.41, 5.74) is 5.25. The Morgan fingerprint density at radius 1 is 1.32 bits per heavy atom. The van der Waals surface area contributed by atoms with E-state index in [1.807, 2.05) is 0 Å². The minimum atomic E-state index is -2.82. The topological polar surface area (TPSA) is 84.2 Å². The van der Waals surface area contributed by atoms with Crippen LogP contribution in [-0.4, -0.2) is 36.4 Å². The van der Waals surface area contributed by atoms with E-state index < -0.39 is 30.8 Å². The van der Waals surface area contributed by atoms with Gasteiger partial charge in [-0.3, -0.25) is 14.9 Å². The number of hydrogen-bond donors (Lipinski definition) is 3. The van der Waals surface area contributed by atoms with Crippen molar-refractivity contribution in [1.29, 1.82) is 0 Å². The molecule has 2 fully saturated rings. The molecule has 0 aromatic rings. The first kappa shape index (κ1) is 14.2. The van der Waals surface area contributed by atoms with Crippen molar-refractivity contribution in [1.82, 2.24) is 10.6 Å². The van der Waals surface area contributed by atoms with E-state index in [9.17, 15) is 18.4 Å². The van der Waals surface area contributed by atoms with Gasteiger partial charge >= 0.3 is 0 Å². The highest BCUT2D eigenvalue weighted by Gasteiger charge is 2.42. The lowest BCUT2D eigenvalue weighted by Crippen LogP contribution is -2.47. The van der Waals surface area contributed by atoms with Gasteiger partial charge in [-0.25, -0.2) is 8.78 Å². The maximum absolute atomic E-state index is 13.0. The second-order valence-corrected chi connectivity index (χ2v) is 5.46. The molecule has 1 saturated heterocycles. The summed E-state index contributed by atoms with van der Waals surface area (Å²) in [6.45, 7) is -0.459. The van der Waals surface area contributed by atoms with Crippen LogP contribution < -0.4 is 16.4 Å². The van der Waals surface area contributed by atoms with Gasteiger partial charge in [0, 0.05) is 18.4 Å². The van der Waals surface area contributed by atoms with Crippen LogP contribution in [0.5, 0.6) is 0 Å². The average Bonchev–Trinajstić information content (AvgIpc) is 2.70. The van der Waals surface area contributed by atoms with Gasteiger partial charge in [-0.2, -0.15) is 0 Å². The highest BCUT2D eigenvalue weighted by Crippen LogP contribution is 2.27. The van der Waals surface area contributed by atoms with Crippen molar-refractivity contribution in [2.24, 2.45) is 11.7 Å². The third-order valence-corrected chi connectivity index (χ3v) is 3.85. The van der Waals surface area contributed by atoms with E-state index in [1.165, 1.54) is 0 Å². The Morgan fingerprint density at radius 2 is 2.05 bits per heavy atom. The van der Waals surface area contributed by atoms with E-state index in [0.29, 0.717) is 6.42 Å². The monoisotopic (exact) mass is 275 g/mol. The summed E-state index contributed by atoms with van der Waals surface area (Å²) in [5.74, 6) is -3.81. The molecule has 0 radical (unpaired) electrons. The summed E-state index contributed by atoms with van der Waals surface area (Å²) in [7, 11) is 0. The number of carbonyl (C=O) groups is 2. The Bertz CT molecular complexity index is 376. The van der Waals surface area contributed by atoms with E-state index in [4.69, 9.17) is 5.73 Å². The Morgan fingerprint density at radius 3 is 2.63 bits per heavy atom. The number of carbonyl (C=O) groups excluding carboxylic acids is 2. The van der Waals surface area contributed by atoms with Crippen molar-refractivity contribution in [3.8, 4) is 0 Å². The quantitative estimate of drug-likeness (QED) is 0.685. The molecule has 1 aliphatic carbocycles. The number of amides is 2. The molecule has 108 valence electrons. The summed E-state index contributed by atoms with van der Waals surface area (Å²) in [5, 5.41) is 5.26. The molecule has 7 heteroatoms. The van der Waals surface area contributed by atoms with Crippen molar-refractivity contribution in [2.75, 3.05) is 6.54 Å². The summed E-state index contributed by atoms with van der Waals surface area (Å²) in [6.07, 6.45) is 2.35. The van der Waals surface area contributed by atoms with Gasteiger partial charge in [0.25, 0.3) is 5.92 Å². The highest BCUT2D eigenvalue weighted by atomic mass is 19.3. The molecule has 0 spiro atoms. The van der Waals surface area contributed by atoms with Crippen molar-refractivity contribution < 1.29 is 18.4 Å². The number of hydrogen-bond acceptors (Lipinski definition) is 3. The first-order valence-electron chi connectivity index (χ1n) is 6.58. The zero-order chi connectivity index (χ0) is 14.0. The molecule has 1 aliphatic heterocycles. The van der Waals surface area contributed by atoms with Crippen LogP contribution in [0.2, 0.25) is 0 Å². The fraction of sp³-hybridized carbons (Fsp3) is 0.833. The molecule has 2 rings (SSSR count). The minimum Gasteiger partial charge on any atom is -0.369 e. The number of nitrogens with two attached hydrogens (primary N) is 1. The lowest BCUT2D eigenvalue weighted by atomic mass is 9.85. The second kappa shape index (κ2) is 5.40. The SMILES string of the molecule is NC(=O)C1CCCC(NC(=O)C2CC(F)(F)CN2)C1. The van der Waals surface area contributed by atoms with Crippen LogP contribution in [0.3, 0.4) is 0 Å². The van der Waals surface area contributed by atoms with E-state index in [0.717, 1.165) is 19.3 Å². The maximum atomic E-state index is 13.0. The van der Waals surface area contributed by atoms with E-state index >= 15 is 0 Å². The molecule has 1 heterocycles. The zero-order valence-electron chi connectivity index (χ0n) is 10.6. The van der Waals surface area contributed by atoms with Crippen LogP contribution in [-0.2, 0) is 9.59 Å². The molecular formula is C12H19F2N3O2. The van der Waals surface area contributed by atoms with Gasteiger partial charge in [0.05, 0.1) is 12.6 Å². The van der Waals surface area contributed by atoms with Gasteiger partial charge in [-0.1, -0.05) is 6.42 Å². The van der Waals surface area contributed by atoms with E-state index in [1.54, 1.807) is 0 Å².